The highest BCUT2D eigenvalue weighted by atomic mass is 16.5. The molecular formula is C15H19NO3. The first kappa shape index (κ1) is 13.5. The summed E-state index contributed by atoms with van der Waals surface area (Å²) >= 11 is 0. The van der Waals surface area contributed by atoms with Crippen LogP contribution < -0.4 is 4.74 Å². The summed E-state index contributed by atoms with van der Waals surface area (Å²) in [4.78, 5) is 11.3. The van der Waals surface area contributed by atoms with Gasteiger partial charge in [-0.15, -0.1) is 0 Å². The van der Waals surface area contributed by atoms with Gasteiger partial charge in [-0.05, 0) is 30.7 Å². The van der Waals surface area contributed by atoms with Gasteiger partial charge in [0.2, 0.25) is 0 Å². The van der Waals surface area contributed by atoms with Crippen LogP contribution in [0.5, 0.6) is 5.75 Å². The van der Waals surface area contributed by atoms with E-state index in [1.807, 2.05) is 22.8 Å². The summed E-state index contributed by atoms with van der Waals surface area (Å²) in [6.45, 7) is 2.88. The zero-order chi connectivity index (χ0) is 13.8. The third kappa shape index (κ3) is 2.72. The number of fused-ring (bicyclic) bond motifs is 1. The number of benzene rings is 1. The fourth-order valence-corrected chi connectivity index (χ4v) is 2.31. The Bertz CT molecular complexity index is 586. The van der Waals surface area contributed by atoms with Crippen molar-refractivity contribution in [3.05, 3.63) is 30.0 Å². The number of carboxylic acids is 1. The van der Waals surface area contributed by atoms with E-state index in [4.69, 9.17) is 4.74 Å². The van der Waals surface area contributed by atoms with Crippen molar-refractivity contribution in [2.24, 2.45) is 0 Å². The Morgan fingerprint density at radius 1 is 1.32 bits per heavy atom. The molecule has 19 heavy (non-hydrogen) atoms. The number of aromatic carboxylic acids is 1. The van der Waals surface area contributed by atoms with Gasteiger partial charge < -0.3 is 14.4 Å². The van der Waals surface area contributed by atoms with Crippen molar-refractivity contribution in [2.75, 3.05) is 7.11 Å². The predicted molar refractivity (Wildman–Crippen MR) is 75.0 cm³/mol. The number of unbranched alkanes of at least 4 members (excludes halogenated alkanes) is 2. The first-order valence-electron chi connectivity index (χ1n) is 6.58. The van der Waals surface area contributed by atoms with Crippen LogP contribution in [0.4, 0.5) is 0 Å². The lowest BCUT2D eigenvalue weighted by Gasteiger charge is -2.08. The van der Waals surface area contributed by atoms with E-state index in [0.717, 1.165) is 42.5 Å². The molecule has 0 unspecified atom stereocenters. The molecule has 0 saturated carbocycles. The highest BCUT2D eigenvalue weighted by Gasteiger charge is 2.14. The van der Waals surface area contributed by atoms with Gasteiger partial charge in [0.15, 0.2) is 0 Å². The average molecular weight is 261 g/mol. The molecule has 0 amide bonds. The number of methoxy groups -OCH3 is 1. The SMILES string of the molecule is CCCCCn1c(C(=O)O)cc2cc(OC)ccc21. The van der Waals surface area contributed by atoms with E-state index in [1.54, 1.807) is 13.2 Å². The number of aromatic nitrogens is 1. The molecule has 0 saturated heterocycles. The topological polar surface area (TPSA) is 51.5 Å². The number of hydrogen-bond acceptors (Lipinski definition) is 2. The van der Waals surface area contributed by atoms with Crippen LogP contribution >= 0.6 is 0 Å². The predicted octanol–water partition coefficient (Wildman–Crippen LogP) is 3.54. The third-order valence-electron chi connectivity index (χ3n) is 3.31. The standard InChI is InChI=1S/C15H19NO3/c1-3-4-5-8-16-13-7-6-12(19-2)9-11(13)10-14(16)15(17)18/h6-7,9-10H,3-5,8H2,1-2H3,(H,17,18). The number of ether oxygens (including phenoxy) is 1. The zero-order valence-corrected chi connectivity index (χ0v) is 11.3. The van der Waals surface area contributed by atoms with Gasteiger partial charge in [-0.3, -0.25) is 0 Å². The molecule has 0 spiro atoms. The number of nitrogens with zero attached hydrogens (tertiary/aromatic N) is 1. The molecule has 4 nitrogen and oxygen atoms in total. The van der Waals surface area contributed by atoms with Crippen molar-refractivity contribution in [1.82, 2.24) is 4.57 Å². The Kier molecular flexibility index (Phi) is 4.10. The first-order valence-corrected chi connectivity index (χ1v) is 6.58. The second kappa shape index (κ2) is 5.78. The van der Waals surface area contributed by atoms with Gasteiger partial charge in [0, 0.05) is 17.4 Å². The number of aryl methyl sites for hydroxylation is 1. The molecular weight excluding hydrogens is 242 g/mol. The highest BCUT2D eigenvalue weighted by molar-refractivity contribution is 5.95. The van der Waals surface area contributed by atoms with Crippen molar-refractivity contribution in [3.8, 4) is 5.75 Å². The van der Waals surface area contributed by atoms with Crippen molar-refractivity contribution in [2.45, 2.75) is 32.7 Å². The van der Waals surface area contributed by atoms with Gasteiger partial charge >= 0.3 is 5.97 Å². The largest absolute Gasteiger partial charge is 0.497 e. The molecule has 0 bridgehead atoms. The van der Waals surface area contributed by atoms with Crippen molar-refractivity contribution < 1.29 is 14.6 Å². The number of carbonyl (C=O) groups is 1. The molecule has 0 atom stereocenters. The van der Waals surface area contributed by atoms with Crippen LogP contribution in [0.2, 0.25) is 0 Å². The van der Waals surface area contributed by atoms with Crippen LogP contribution in [0.25, 0.3) is 10.9 Å². The molecule has 2 rings (SSSR count). The number of rotatable bonds is 6. The minimum Gasteiger partial charge on any atom is -0.497 e. The summed E-state index contributed by atoms with van der Waals surface area (Å²) < 4.78 is 7.06. The molecule has 2 aromatic rings. The summed E-state index contributed by atoms with van der Waals surface area (Å²) in [5.41, 5.74) is 1.30. The van der Waals surface area contributed by atoms with Crippen molar-refractivity contribution in [1.29, 1.82) is 0 Å². The van der Waals surface area contributed by atoms with Crippen LogP contribution in [0.15, 0.2) is 24.3 Å². The summed E-state index contributed by atoms with van der Waals surface area (Å²) in [5.74, 6) is -0.137. The van der Waals surface area contributed by atoms with E-state index >= 15 is 0 Å². The maximum absolute atomic E-state index is 11.3. The molecule has 1 aromatic heterocycles. The molecule has 0 fully saturated rings. The summed E-state index contributed by atoms with van der Waals surface area (Å²) in [6.07, 6.45) is 3.22. The summed E-state index contributed by atoms with van der Waals surface area (Å²) in [5, 5.41) is 10.2. The molecule has 4 heteroatoms. The quantitative estimate of drug-likeness (QED) is 0.809. The van der Waals surface area contributed by atoms with E-state index in [-0.39, 0.29) is 0 Å². The molecule has 1 N–H and O–H groups in total. The van der Waals surface area contributed by atoms with E-state index in [9.17, 15) is 9.90 Å². The molecule has 1 heterocycles. The monoisotopic (exact) mass is 261 g/mol. The van der Waals surface area contributed by atoms with Crippen molar-refractivity contribution in [3.63, 3.8) is 0 Å². The van der Waals surface area contributed by atoms with E-state index < -0.39 is 5.97 Å². The van der Waals surface area contributed by atoms with E-state index in [0.29, 0.717) is 5.69 Å². The Morgan fingerprint density at radius 2 is 2.11 bits per heavy atom. The number of hydrogen-bond donors (Lipinski definition) is 1. The van der Waals surface area contributed by atoms with E-state index in [1.165, 1.54) is 0 Å². The number of carboxylic acid groups (broad SMARTS) is 1. The fourth-order valence-electron chi connectivity index (χ4n) is 2.31. The van der Waals surface area contributed by atoms with Crippen LogP contribution in [0, 0.1) is 0 Å². The first-order chi connectivity index (χ1) is 9.17. The lowest BCUT2D eigenvalue weighted by atomic mass is 10.2. The molecule has 102 valence electrons. The van der Waals surface area contributed by atoms with Crippen LogP contribution in [-0.2, 0) is 6.54 Å². The Morgan fingerprint density at radius 3 is 2.74 bits per heavy atom. The van der Waals surface area contributed by atoms with Crippen LogP contribution in [0.1, 0.15) is 36.7 Å². The Labute approximate surface area is 112 Å². The maximum Gasteiger partial charge on any atom is 0.352 e. The molecule has 0 aliphatic heterocycles. The van der Waals surface area contributed by atoms with Gasteiger partial charge in [0.1, 0.15) is 11.4 Å². The van der Waals surface area contributed by atoms with Gasteiger partial charge in [-0.25, -0.2) is 4.79 Å². The highest BCUT2D eigenvalue weighted by Crippen LogP contribution is 2.25. The lowest BCUT2D eigenvalue weighted by molar-refractivity contribution is 0.0685. The Hall–Kier alpha value is -1.97. The zero-order valence-electron chi connectivity index (χ0n) is 11.3. The van der Waals surface area contributed by atoms with Gasteiger partial charge in [-0.2, -0.15) is 0 Å². The average Bonchev–Trinajstić information content (AvgIpc) is 2.77. The third-order valence-corrected chi connectivity index (χ3v) is 3.31. The minimum atomic E-state index is -0.883. The molecule has 1 aromatic carbocycles. The second-order valence-corrected chi connectivity index (χ2v) is 4.62. The van der Waals surface area contributed by atoms with Gasteiger partial charge in [0.05, 0.1) is 7.11 Å². The Balaban J connectivity index is 2.45. The normalized spacial score (nSPS) is 10.8. The molecule has 0 aliphatic carbocycles. The molecule has 0 radical (unpaired) electrons. The summed E-state index contributed by atoms with van der Waals surface area (Å²) in [7, 11) is 1.61. The maximum atomic E-state index is 11.3. The molecule has 0 aliphatic rings. The minimum absolute atomic E-state index is 0.347. The lowest BCUT2D eigenvalue weighted by Crippen LogP contribution is -2.08. The smallest absolute Gasteiger partial charge is 0.352 e. The second-order valence-electron chi connectivity index (χ2n) is 4.62. The van der Waals surface area contributed by atoms with Gasteiger partial charge in [0.25, 0.3) is 0 Å². The van der Waals surface area contributed by atoms with Crippen LogP contribution in [0.3, 0.4) is 0 Å². The van der Waals surface area contributed by atoms with Crippen molar-refractivity contribution >= 4 is 16.9 Å². The van der Waals surface area contributed by atoms with E-state index in [2.05, 4.69) is 6.92 Å². The fraction of sp³-hybridized carbons (Fsp3) is 0.400. The van der Waals surface area contributed by atoms with Crippen LogP contribution in [-0.4, -0.2) is 22.8 Å². The van der Waals surface area contributed by atoms with Gasteiger partial charge in [-0.1, -0.05) is 19.8 Å². The summed E-state index contributed by atoms with van der Waals surface area (Å²) in [6, 6.07) is 7.38.